The van der Waals surface area contributed by atoms with Crippen LogP contribution in [0.3, 0.4) is 0 Å². The molecular formula is C16H23NO. The van der Waals surface area contributed by atoms with Crippen molar-refractivity contribution in [2.75, 3.05) is 5.32 Å². The molecule has 2 nitrogen and oxygen atoms in total. The summed E-state index contributed by atoms with van der Waals surface area (Å²) in [5.74, 6) is 0. The summed E-state index contributed by atoms with van der Waals surface area (Å²) >= 11 is 0. The van der Waals surface area contributed by atoms with E-state index in [1.165, 1.54) is 36.9 Å². The molecule has 0 spiro atoms. The van der Waals surface area contributed by atoms with Crippen LogP contribution in [0.1, 0.15) is 45.1 Å². The Bertz CT molecular complexity index is 427. The molecule has 0 bridgehead atoms. The predicted octanol–water partition coefficient (Wildman–Crippen LogP) is 3.76. The summed E-state index contributed by atoms with van der Waals surface area (Å²) in [6.07, 6.45) is 6.44. The maximum absolute atomic E-state index is 6.10. The molecule has 1 aromatic rings. The standard InChI is InChI=1S/C16H23NO/c1-16(2)10-9-14(18-16)11-13-8-7-12-5-3-4-6-15(12)17-13/h3-6,13-14,17H,7-11H2,1-2H3. The Morgan fingerprint density at radius 1 is 1.28 bits per heavy atom. The minimum absolute atomic E-state index is 0.0945. The van der Waals surface area contributed by atoms with Crippen LogP contribution in [0, 0.1) is 0 Å². The maximum atomic E-state index is 6.10. The molecule has 1 aromatic carbocycles. The van der Waals surface area contributed by atoms with Gasteiger partial charge in [0.05, 0.1) is 11.7 Å². The highest BCUT2D eigenvalue weighted by molar-refractivity contribution is 5.53. The van der Waals surface area contributed by atoms with Crippen LogP contribution in [-0.4, -0.2) is 17.7 Å². The molecule has 1 N–H and O–H groups in total. The minimum Gasteiger partial charge on any atom is -0.382 e. The van der Waals surface area contributed by atoms with Gasteiger partial charge in [0.2, 0.25) is 0 Å². The van der Waals surface area contributed by atoms with Crippen molar-refractivity contribution >= 4 is 5.69 Å². The van der Waals surface area contributed by atoms with Gasteiger partial charge in [-0.15, -0.1) is 0 Å². The minimum atomic E-state index is 0.0945. The number of ether oxygens (including phenoxy) is 1. The van der Waals surface area contributed by atoms with Gasteiger partial charge in [-0.1, -0.05) is 18.2 Å². The Morgan fingerprint density at radius 2 is 2.11 bits per heavy atom. The molecule has 2 unspecified atom stereocenters. The first kappa shape index (κ1) is 12.0. The summed E-state index contributed by atoms with van der Waals surface area (Å²) in [4.78, 5) is 0. The lowest BCUT2D eigenvalue weighted by atomic mass is 9.94. The van der Waals surface area contributed by atoms with Gasteiger partial charge in [-0.25, -0.2) is 0 Å². The fourth-order valence-electron chi connectivity index (χ4n) is 3.24. The van der Waals surface area contributed by atoms with Crippen LogP contribution in [0.5, 0.6) is 0 Å². The van der Waals surface area contributed by atoms with Gasteiger partial charge in [-0.2, -0.15) is 0 Å². The molecule has 2 heterocycles. The van der Waals surface area contributed by atoms with Gasteiger partial charge in [0.25, 0.3) is 0 Å². The van der Waals surface area contributed by atoms with E-state index in [0.717, 1.165) is 6.42 Å². The highest BCUT2D eigenvalue weighted by atomic mass is 16.5. The lowest BCUT2D eigenvalue weighted by Crippen LogP contribution is -2.30. The average molecular weight is 245 g/mol. The normalized spacial score (nSPS) is 29.7. The molecule has 98 valence electrons. The van der Waals surface area contributed by atoms with Crippen LogP contribution >= 0.6 is 0 Å². The highest BCUT2D eigenvalue weighted by Crippen LogP contribution is 2.34. The lowest BCUT2D eigenvalue weighted by molar-refractivity contribution is -0.0202. The monoisotopic (exact) mass is 245 g/mol. The molecule has 2 heteroatoms. The van der Waals surface area contributed by atoms with Crippen molar-refractivity contribution in [3.8, 4) is 0 Å². The first-order chi connectivity index (χ1) is 8.62. The molecule has 0 aromatic heterocycles. The second-order valence-corrected chi connectivity index (χ2v) is 6.31. The number of anilines is 1. The van der Waals surface area contributed by atoms with E-state index in [2.05, 4.69) is 43.4 Å². The number of benzene rings is 1. The topological polar surface area (TPSA) is 21.3 Å². The number of fused-ring (bicyclic) bond motifs is 1. The first-order valence-electron chi connectivity index (χ1n) is 7.15. The number of para-hydroxylation sites is 1. The van der Waals surface area contributed by atoms with Crippen molar-refractivity contribution in [3.05, 3.63) is 29.8 Å². The zero-order chi connectivity index (χ0) is 12.6. The van der Waals surface area contributed by atoms with Gasteiger partial charge in [0, 0.05) is 11.7 Å². The molecular weight excluding hydrogens is 222 g/mol. The van der Waals surface area contributed by atoms with Gasteiger partial charge in [-0.05, 0) is 57.6 Å². The Hall–Kier alpha value is -1.02. The molecule has 3 rings (SSSR count). The van der Waals surface area contributed by atoms with E-state index in [4.69, 9.17) is 4.74 Å². The molecule has 2 aliphatic rings. The number of rotatable bonds is 2. The molecule has 1 saturated heterocycles. The Morgan fingerprint density at radius 3 is 2.89 bits per heavy atom. The van der Waals surface area contributed by atoms with Crippen LogP contribution in [0.15, 0.2) is 24.3 Å². The average Bonchev–Trinajstić information content (AvgIpc) is 2.68. The molecule has 0 saturated carbocycles. The Labute approximate surface area is 110 Å². The summed E-state index contributed by atoms with van der Waals surface area (Å²) in [5, 5.41) is 3.67. The van der Waals surface area contributed by atoms with E-state index in [-0.39, 0.29) is 5.60 Å². The summed E-state index contributed by atoms with van der Waals surface area (Å²) < 4.78 is 6.10. The fourth-order valence-corrected chi connectivity index (χ4v) is 3.24. The van der Waals surface area contributed by atoms with E-state index >= 15 is 0 Å². The van der Waals surface area contributed by atoms with E-state index in [0.29, 0.717) is 12.1 Å². The molecule has 2 aliphatic heterocycles. The van der Waals surface area contributed by atoms with Crippen molar-refractivity contribution < 1.29 is 4.74 Å². The van der Waals surface area contributed by atoms with Crippen LogP contribution in [0.4, 0.5) is 5.69 Å². The van der Waals surface area contributed by atoms with Crippen molar-refractivity contribution in [2.24, 2.45) is 0 Å². The van der Waals surface area contributed by atoms with Gasteiger partial charge in [0.1, 0.15) is 0 Å². The Balaban J connectivity index is 1.60. The molecule has 0 amide bonds. The fraction of sp³-hybridized carbons (Fsp3) is 0.625. The van der Waals surface area contributed by atoms with Crippen LogP contribution in [0.2, 0.25) is 0 Å². The van der Waals surface area contributed by atoms with E-state index < -0.39 is 0 Å². The highest BCUT2D eigenvalue weighted by Gasteiger charge is 2.33. The Kier molecular flexibility index (Phi) is 3.06. The molecule has 1 fully saturated rings. The lowest BCUT2D eigenvalue weighted by Gasteiger charge is -2.29. The first-order valence-corrected chi connectivity index (χ1v) is 7.15. The smallest absolute Gasteiger partial charge is 0.0631 e. The van der Waals surface area contributed by atoms with Crippen LogP contribution < -0.4 is 5.32 Å². The predicted molar refractivity (Wildman–Crippen MR) is 75.0 cm³/mol. The van der Waals surface area contributed by atoms with Gasteiger partial charge in [0.15, 0.2) is 0 Å². The largest absolute Gasteiger partial charge is 0.382 e. The van der Waals surface area contributed by atoms with Crippen molar-refractivity contribution in [1.82, 2.24) is 0 Å². The van der Waals surface area contributed by atoms with E-state index in [1.807, 2.05) is 0 Å². The summed E-state index contributed by atoms with van der Waals surface area (Å²) in [5.41, 5.74) is 2.88. The second-order valence-electron chi connectivity index (χ2n) is 6.31. The summed E-state index contributed by atoms with van der Waals surface area (Å²) in [7, 11) is 0. The van der Waals surface area contributed by atoms with Crippen molar-refractivity contribution in [2.45, 2.75) is 63.7 Å². The number of hydrogen-bond donors (Lipinski definition) is 1. The molecule has 2 atom stereocenters. The molecule has 0 radical (unpaired) electrons. The van der Waals surface area contributed by atoms with Crippen LogP contribution in [0.25, 0.3) is 0 Å². The quantitative estimate of drug-likeness (QED) is 0.856. The van der Waals surface area contributed by atoms with Gasteiger partial charge in [-0.3, -0.25) is 0 Å². The molecule has 18 heavy (non-hydrogen) atoms. The summed E-state index contributed by atoms with van der Waals surface area (Å²) in [6, 6.07) is 9.25. The van der Waals surface area contributed by atoms with Crippen molar-refractivity contribution in [1.29, 1.82) is 0 Å². The van der Waals surface area contributed by atoms with Crippen LogP contribution in [-0.2, 0) is 11.2 Å². The SMILES string of the molecule is CC1(C)CCC(CC2CCc3ccccc3N2)O1. The third-order valence-corrected chi connectivity index (χ3v) is 4.24. The van der Waals surface area contributed by atoms with E-state index in [1.54, 1.807) is 0 Å². The number of hydrogen-bond acceptors (Lipinski definition) is 2. The molecule has 0 aliphatic carbocycles. The summed E-state index contributed by atoms with van der Waals surface area (Å²) in [6.45, 7) is 4.41. The zero-order valence-corrected chi connectivity index (χ0v) is 11.4. The van der Waals surface area contributed by atoms with Crippen molar-refractivity contribution in [3.63, 3.8) is 0 Å². The second kappa shape index (κ2) is 4.58. The van der Waals surface area contributed by atoms with Gasteiger partial charge >= 0.3 is 0 Å². The van der Waals surface area contributed by atoms with Gasteiger partial charge < -0.3 is 10.1 Å². The number of aryl methyl sites for hydroxylation is 1. The third kappa shape index (κ3) is 2.54. The maximum Gasteiger partial charge on any atom is 0.0631 e. The third-order valence-electron chi connectivity index (χ3n) is 4.24. The zero-order valence-electron chi connectivity index (χ0n) is 11.4. The van der Waals surface area contributed by atoms with E-state index in [9.17, 15) is 0 Å². The number of nitrogens with one attached hydrogen (secondary N) is 1.